The monoisotopic (exact) mass is 558 g/mol. The molecule has 0 aliphatic heterocycles. The lowest BCUT2D eigenvalue weighted by molar-refractivity contribution is -0.132. The van der Waals surface area contributed by atoms with Crippen LogP contribution in [0.4, 0.5) is 0 Å². The van der Waals surface area contributed by atoms with Gasteiger partial charge in [-0.1, -0.05) is 29.8 Å². The standard InChI is InChI=1S/C29H35ClN2O5S/c1-4-37-16-7-14-32(29(34)23-8-5-9-24(30)19-23)21-28(33)31(20-25-10-6-17-38-25)15-13-22-11-12-26(35-2)27(18-22)36-3/h5-6,8-12,17-19H,4,7,13-16,20-21H2,1-3H3. The van der Waals surface area contributed by atoms with Crippen molar-refractivity contribution >= 4 is 34.8 Å². The molecule has 0 spiro atoms. The largest absolute Gasteiger partial charge is 0.493 e. The van der Waals surface area contributed by atoms with E-state index in [1.165, 1.54) is 0 Å². The average Bonchev–Trinajstić information content (AvgIpc) is 3.45. The van der Waals surface area contributed by atoms with Crippen LogP contribution in [0.2, 0.25) is 5.02 Å². The Kier molecular flexibility index (Phi) is 11.9. The third-order valence-electron chi connectivity index (χ3n) is 6.00. The maximum absolute atomic E-state index is 13.7. The molecule has 0 radical (unpaired) electrons. The summed E-state index contributed by atoms with van der Waals surface area (Å²) in [6.45, 7) is 4.38. The van der Waals surface area contributed by atoms with E-state index in [0.717, 1.165) is 10.4 Å². The van der Waals surface area contributed by atoms with Gasteiger partial charge < -0.3 is 24.0 Å². The molecule has 204 valence electrons. The van der Waals surface area contributed by atoms with Crippen LogP contribution in [0.5, 0.6) is 11.5 Å². The zero-order chi connectivity index (χ0) is 27.3. The normalized spacial score (nSPS) is 10.7. The summed E-state index contributed by atoms with van der Waals surface area (Å²) in [7, 11) is 3.20. The Bertz CT molecular complexity index is 1170. The second-order valence-electron chi connectivity index (χ2n) is 8.62. The number of halogens is 1. The lowest BCUT2D eigenvalue weighted by Gasteiger charge is -2.28. The van der Waals surface area contributed by atoms with Crippen LogP contribution in [-0.4, -0.2) is 68.7 Å². The van der Waals surface area contributed by atoms with Crippen LogP contribution >= 0.6 is 22.9 Å². The van der Waals surface area contributed by atoms with Gasteiger partial charge in [-0.05, 0) is 67.1 Å². The first kappa shape index (κ1) is 29.5. The first-order valence-corrected chi connectivity index (χ1v) is 13.8. The Labute approximate surface area is 233 Å². The Morgan fingerprint density at radius 2 is 1.76 bits per heavy atom. The number of ether oxygens (including phenoxy) is 3. The van der Waals surface area contributed by atoms with Gasteiger partial charge in [-0.25, -0.2) is 0 Å². The highest BCUT2D eigenvalue weighted by atomic mass is 35.5. The minimum Gasteiger partial charge on any atom is -0.493 e. The van der Waals surface area contributed by atoms with Crippen LogP contribution in [0.15, 0.2) is 60.0 Å². The summed E-state index contributed by atoms with van der Waals surface area (Å²) >= 11 is 7.74. The van der Waals surface area contributed by atoms with Gasteiger partial charge in [0.25, 0.3) is 5.91 Å². The van der Waals surface area contributed by atoms with Crippen molar-refractivity contribution in [1.82, 2.24) is 9.80 Å². The van der Waals surface area contributed by atoms with Gasteiger partial charge in [-0.2, -0.15) is 0 Å². The highest BCUT2D eigenvalue weighted by molar-refractivity contribution is 7.09. The van der Waals surface area contributed by atoms with Gasteiger partial charge >= 0.3 is 0 Å². The number of methoxy groups -OCH3 is 2. The molecule has 38 heavy (non-hydrogen) atoms. The minimum atomic E-state index is -0.228. The molecule has 3 rings (SSSR count). The fourth-order valence-corrected chi connectivity index (χ4v) is 4.91. The second kappa shape index (κ2) is 15.4. The predicted molar refractivity (Wildman–Crippen MR) is 151 cm³/mol. The number of benzene rings is 2. The summed E-state index contributed by atoms with van der Waals surface area (Å²) in [5.41, 5.74) is 1.48. The molecule has 0 bridgehead atoms. The van der Waals surface area contributed by atoms with Crippen molar-refractivity contribution in [2.75, 3.05) is 47.1 Å². The molecular formula is C29H35ClN2O5S. The molecule has 0 aliphatic carbocycles. The van der Waals surface area contributed by atoms with Gasteiger partial charge in [0, 0.05) is 41.8 Å². The van der Waals surface area contributed by atoms with Crippen molar-refractivity contribution in [3.63, 3.8) is 0 Å². The molecule has 1 aromatic heterocycles. The highest BCUT2D eigenvalue weighted by Gasteiger charge is 2.23. The molecule has 2 amide bonds. The molecule has 2 aromatic carbocycles. The molecule has 9 heteroatoms. The first-order chi connectivity index (χ1) is 18.4. The first-order valence-electron chi connectivity index (χ1n) is 12.6. The fraction of sp³-hybridized carbons (Fsp3) is 0.379. The van der Waals surface area contributed by atoms with E-state index in [2.05, 4.69) is 0 Å². The summed E-state index contributed by atoms with van der Waals surface area (Å²) < 4.78 is 16.2. The summed E-state index contributed by atoms with van der Waals surface area (Å²) in [6, 6.07) is 16.6. The van der Waals surface area contributed by atoms with Crippen LogP contribution in [0, 0.1) is 0 Å². The summed E-state index contributed by atoms with van der Waals surface area (Å²) in [6.07, 6.45) is 1.26. The highest BCUT2D eigenvalue weighted by Crippen LogP contribution is 2.28. The van der Waals surface area contributed by atoms with Crippen molar-refractivity contribution in [1.29, 1.82) is 0 Å². The van der Waals surface area contributed by atoms with E-state index in [0.29, 0.717) is 67.8 Å². The molecule has 7 nitrogen and oxygen atoms in total. The van der Waals surface area contributed by atoms with E-state index < -0.39 is 0 Å². The van der Waals surface area contributed by atoms with Gasteiger partial charge in [0.1, 0.15) is 6.54 Å². The van der Waals surface area contributed by atoms with Gasteiger partial charge in [0.2, 0.25) is 5.91 Å². The molecule has 3 aromatic rings. The maximum atomic E-state index is 13.7. The van der Waals surface area contributed by atoms with E-state index in [-0.39, 0.29) is 18.4 Å². The predicted octanol–water partition coefficient (Wildman–Crippen LogP) is 5.56. The smallest absolute Gasteiger partial charge is 0.254 e. The van der Waals surface area contributed by atoms with Gasteiger partial charge in [-0.3, -0.25) is 9.59 Å². The molecule has 0 N–H and O–H groups in total. The number of rotatable bonds is 15. The fourth-order valence-electron chi connectivity index (χ4n) is 4.00. The van der Waals surface area contributed by atoms with E-state index in [9.17, 15) is 9.59 Å². The van der Waals surface area contributed by atoms with Crippen LogP contribution in [0.1, 0.15) is 34.1 Å². The van der Waals surface area contributed by atoms with E-state index in [1.807, 2.05) is 47.5 Å². The van der Waals surface area contributed by atoms with Gasteiger partial charge in [0.15, 0.2) is 11.5 Å². The van der Waals surface area contributed by atoms with Crippen LogP contribution < -0.4 is 9.47 Å². The molecule has 0 fully saturated rings. The van der Waals surface area contributed by atoms with Crippen molar-refractivity contribution in [3.05, 3.63) is 81.0 Å². The van der Waals surface area contributed by atoms with Crippen molar-refractivity contribution in [2.24, 2.45) is 0 Å². The van der Waals surface area contributed by atoms with Crippen molar-refractivity contribution in [3.8, 4) is 11.5 Å². The molecule has 0 saturated carbocycles. The number of amides is 2. The van der Waals surface area contributed by atoms with E-state index in [4.69, 9.17) is 25.8 Å². The van der Waals surface area contributed by atoms with E-state index >= 15 is 0 Å². The van der Waals surface area contributed by atoms with Crippen LogP contribution in [0.3, 0.4) is 0 Å². The number of hydrogen-bond donors (Lipinski definition) is 0. The zero-order valence-corrected chi connectivity index (χ0v) is 23.7. The molecule has 0 aliphatic rings. The topological polar surface area (TPSA) is 68.3 Å². The SMILES string of the molecule is CCOCCCN(CC(=O)N(CCc1ccc(OC)c(OC)c1)Cc1cccs1)C(=O)c1cccc(Cl)c1. The van der Waals surface area contributed by atoms with Gasteiger partial charge in [-0.15, -0.1) is 11.3 Å². The van der Waals surface area contributed by atoms with Crippen molar-refractivity contribution in [2.45, 2.75) is 26.3 Å². The molecule has 1 heterocycles. The maximum Gasteiger partial charge on any atom is 0.254 e. The minimum absolute atomic E-state index is 0.0330. The lowest BCUT2D eigenvalue weighted by Crippen LogP contribution is -2.44. The number of carbonyl (C=O) groups is 2. The Hall–Kier alpha value is -3.07. The van der Waals surface area contributed by atoms with Gasteiger partial charge in [0.05, 0.1) is 20.8 Å². The second-order valence-corrected chi connectivity index (χ2v) is 10.1. The van der Waals surface area contributed by atoms with E-state index in [1.54, 1.807) is 54.7 Å². The number of thiophene rings is 1. The van der Waals surface area contributed by atoms with Crippen LogP contribution in [-0.2, 0) is 22.5 Å². The lowest BCUT2D eigenvalue weighted by atomic mass is 10.1. The molecule has 0 saturated heterocycles. The summed E-state index contributed by atoms with van der Waals surface area (Å²) in [5, 5.41) is 2.47. The number of nitrogens with zero attached hydrogens (tertiary/aromatic N) is 2. The zero-order valence-electron chi connectivity index (χ0n) is 22.2. The third kappa shape index (κ3) is 8.75. The average molecular weight is 559 g/mol. The molecule has 0 unspecified atom stereocenters. The third-order valence-corrected chi connectivity index (χ3v) is 7.10. The Balaban J connectivity index is 1.77. The van der Waals surface area contributed by atoms with Crippen molar-refractivity contribution < 1.29 is 23.8 Å². The summed E-state index contributed by atoms with van der Waals surface area (Å²) in [4.78, 5) is 31.5. The number of hydrogen-bond acceptors (Lipinski definition) is 6. The Morgan fingerprint density at radius 1 is 0.947 bits per heavy atom. The quantitative estimate of drug-likeness (QED) is 0.228. The van der Waals surface area contributed by atoms with Crippen LogP contribution in [0.25, 0.3) is 0 Å². The number of carbonyl (C=O) groups excluding carboxylic acids is 2. The summed E-state index contributed by atoms with van der Waals surface area (Å²) in [5.74, 6) is 0.956. The molecule has 0 atom stereocenters. The molecular weight excluding hydrogens is 524 g/mol. The Morgan fingerprint density at radius 3 is 2.45 bits per heavy atom.